The smallest absolute Gasteiger partial charge is 0.184 e. The van der Waals surface area contributed by atoms with Gasteiger partial charge >= 0.3 is 0 Å². The molecule has 25 heavy (non-hydrogen) atoms. The van der Waals surface area contributed by atoms with Gasteiger partial charge in [-0.05, 0) is 33.7 Å². The summed E-state index contributed by atoms with van der Waals surface area (Å²) in [6, 6.07) is 6.22. The van der Waals surface area contributed by atoms with Crippen LogP contribution in [0.4, 0.5) is 5.82 Å². The molecular formula is C16H12N8S. The minimum atomic E-state index is 0.505. The third kappa shape index (κ3) is 1.96. The SMILES string of the molecule is Cc1csc2c(-c3cnc4c(-c5nnn[nH]5)cnn4c3N)cccc12. The fourth-order valence-corrected chi connectivity index (χ4v) is 4.08. The van der Waals surface area contributed by atoms with E-state index in [-0.39, 0.29) is 0 Å². The van der Waals surface area contributed by atoms with E-state index in [1.165, 1.54) is 15.6 Å². The van der Waals surface area contributed by atoms with Gasteiger partial charge in [0.05, 0.1) is 11.8 Å². The van der Waals surface area contributed by atoms with E-state index in [1.54, 1.807) is 28.2 Å². The molecule has 122 valence electrons. The standard InChI is InChI=1S/C16H12N8S/c1-8-7-25-13-9(8)3-2-4-10(13)11-5-18-16-12(15-20-22-23-21-15)6-19-24(16)14(11)17/h2-7H,17H2,1H3,(H,20,21,22,23). The highest BCUT2D eigenvalue weighted by atomic mass is 32.1. The third-order valence-electron chi connectivity index (χ3n) is 4.25. The van der Waals surface area contributed by atoms with Crippen LogP contribution in [-0.4, -0.2) is 35.2 Å². The zero-order valence-corrected chi connectivity index (χ0v) is 13.9. The molecule has 9 heteroatoms. The molecule has 0 radical (unpaired) electrons. The van der Waals surface area contributed by atoms with Crippen LogP contribution >= 0.6 is 11.3 Å². The van der Waals surface area contributed by atoms with Crippen molar-refractivity contribution in [1.82, 2.24) is 35.2 Å². The number of benzene rings is 1. The van der Waals surface area contributed by atoms with Gasteiger partial charge in [-0.25, -0.2) is 10.1 Å². The molecule has 0 unspecified atom stereocenters. The molecule has 0 fully saturated rings. The molecule has 0 atom stereocenters. The lowest BCUT2D eigenvalue weighted by atomic mass is 10.0. The summed E-state index contributed by atoms with van der Waals surface area (Å²) in [4.78, 5) is 4.56. The molecule has 8 nitrogen and oxygen atoms in total. The van der Waals surface area contributed by atoms with Gasteiger partial charge in [0.2, 0.25) is 0 Å². The van der Waals surface area contributed by atoms with E-state index in [0.29, 0.717) is 22.9 Å². The molecule has 0 spiro atoms. The number of rotatable bonds is 2. The fraction of sp³-hybridized carbons (Fsp3) is 0.0625. The van der Waals surface area contributed by atoms with Crippen LogP contribution in [-0.2, 0) is 0 Å². The molecule has 1 aromatic carbocycles. The molecule has 0 amide bonds. The number of aryl methyl sites for hydroxylation is 1. The quantitative estimate of drug-likeness (QED) is 0.507. The summed E-state index contributed by atoms with van der Waals surface area (Å²) in [7, 11) is 0. The van der Waals surface area contributed by atoms with Crippen LogP contribution < -0.4 is 5.73 Å². The number of nitrogens with one attached hydrogen (secondary N) is 1. The van der Waals surface area contributed by atoms with Crippen LogP contribution in [0.2, 0.25) is 0 Å². The van der Waals surface area contributed by atoms with Crippen molar-refractivity contribution < 1.29 is 0 Å². The number of hydrogen-bond acceptors (Lipinski definition) is 7. The Labute approximate surface area is 145 Å². The Hall–Kier alpha value is -3.33. The van der Waals surface area contributed by atoms with Gasteiger partial charge in [0.25, 0.3) is 0 Å². The lowest BCUT2D eigenvalue weighted by Crippen LogP contribution is -2.03. The first-order chi connectivity index (χ1) is 12.2. The minimum Gasteiger partial charge on any atom is -0.383 e. The summed E-state index contributed by atoms with van der Waals surface area (Å²) in [6.07, 6.45) is 3.43. The summed E-state index contributed by atoms with van der Waals surface area (Å²) in [6.45, 7) is 2.11. The second-order valence-electron chi connectivity index (χ2n) is 5.70. The average molecular weight is 348 g/mol. The van der Waals surface area contributed by atoms with Crippen LogP contribution in [0.25, 0.3) is 38.2 Å². The summed E-state index contributed by atoms with van der Waals surface area (Å²) in [5.41, 5.74) is 10.9. The molecule has 3 N–H and O–H groups in total. The predicted octanol–water partition coefficient (Wildman–Crippen LogP) is 2.68. The Morgan fingerprint density at radius 3 is 2.92 bits per heavy atom. The Bertz CT molecular complexity index is 1220. The van der Waals surface area contributed by atoms with Gasteiger partial charge in [-0.3, -0.25) is 0 Å². The molecule has 0 aliphatic rings. The van der Waals surface area contributed by atoms with E-state index in [9.17, 15) is 0 Å². The monoisotopic (exact) mass is 348 g/mol. The van der Waals surface area contributed by atoms with E-state index in [0.717, 1.165) is 11.1 Å². The first kappa shape index (κ1) is 14.1. The number of fused-ring (bicyclic) bond motifs is 2. The number of tetrazole rings is 1. The molecule has 4 aromatic heterocycles. The molecule has 0 aliphatic heterocycles. The zero-order chi connectivity index (χ0) is 17.0. The Kier molecular flexibility index (Phi) is 2.86. The number of thiophene rings is 1. The third-order valence-corrected chi connectivity index (χ3v) is 5.39. The van der Waals surface area contributed by atoms with Crippen LogP contribution in [0.1, 0.15) is 5.56 Å². The second-order valence-corrected chi connectivity index (χ2v) is 6.58. The zero-order valence-electron chi connectivity index (χ0n) is 13.1. The number of nitrogen functional groups attached to an aromatic ring is 1. The van der Waals surface area contributed by atoms with E-state index < -0.39 is 0 Å². The van der Waals surface area contributed by atoms with Crippen LogP contribution in [0, 0.1) is 6.92 Å². The number of H-pyrrole nitrogens is 1. The molecule has 5 aromatic rings. The Balaban J connectivity index is 1.76. The van der Waals surface area contributed by atoms with E-state index >= 15 is 0 Å². The largest absolute Gasteiger partial charge is 0.383 e. The molecule has 0 saturated carbocycles. The normalized spacial score (nSPS) is 11.6. The van der Waals surface area contributed by atoms with Crippen molar-refractivity contribution in [1.29, 1.82) is 0 Å². The fourth-order valence-electron chi connectivity index (χ4n) is 2.99. The summed E-state index contributed by atoms with van der Waals surface area (Å²) < 4.78 is 2.81. The summed E-state index contributed by atoms with van der Waals surface area (Å²) in [5, 5.41) is 21.6. The van der Waals surface area contributed by atoms with Crippen molar-refractivity contribution in [2.24, 2.45) is 0 Å². The maximum Gasteiger partial charge on any atom is 0.184 e. The summed E-state index contributed by atoms with van der Waals surface area (Å²) >= 11 is 1.71. The minimum absolute atomic E-state index is 0.505. The first-order valence-corrected chi connectivity index (χ1v) is 8.45. The topological polar surface area (TPSA) is 111 Å². The number of nitrogens with two attached hydrogens (primary N) is 1. The number of aromatic nitrogens is 7. The van der Waals surface area contributed by atoms with Crippen LogP contribution in [0.5, 0.6) is 0 Å². The van der Waals surface area contributed by atoms with Gasteiger partial charge in [-0.1, -0.05) is 18.2 Å². The van der Waals surface area contributed by atoms with Gasteiger partial charge in [0.1, 0.15) is 5.82 Å². The van der Waals surface area contributed by atoms with Crippen molar-refractivity contribution in [2.45, 2.75) is 6.92 Å². The molecule has 0 aliphatic carbocycles. The molecular weight excluding hydrogens is 336 g/mol. The van der Waals surface area contributed by atoms with Crippen molar-refractivity contribution in [3.8, 4) is 22.5 Å². The van der Waals surface area contributed by atoms with Crippen molar-refractivity contribution in [3.05, 3.63) is 41.5 Å². The van der Waals surface area contributed by atoms with Gasteiger partial charge < -0.3 is 5.73 Å². The first-order valence-electron chi connectivity index (χ1n) is 7.57. The number of nitrogens with zero attached hydrogens (tertiary/aromatic N) is 6. The van der Waals surface area contributed by atoms with Crippen molar-refractivity contribution >= 4 is 32.9 Å². The van der Waals surface area contributed by atoms with Gasteiger partial charge in [0.15, 0.2) is 11.5 Å². The molecule has 5 rings (SSSR count). The van der Waals surface area contributed by atoms with E-state index in [4.69, 9.17) is 5.73 Å². The highest BCUT2D eigenvalue weighted by Gasteiger charge is 2.17. The Morgan fingerprint density at radius 2 is 2.08 bits per heavy atom. The number of hydrogen-bond donors (Lipinski definition) is 2. The number of anilines is 1. The highest BCUT2D eigenvalue weighted by molar-refractivity contribution is 7.18. The molecule has 0 bridgehead atoms. The Morgan fingerprint density at radius 1 is 1.16 bits per heavy atom. The molecule has 4 heterocycles. The lowest BCUT2D eigenvalue weighted by molar-refractivity contribution is 0.881. The maximum atomic E-state index is 6.42. The van der Waals surface area contributed by atoms with Gasteiger partial charge in [-0.2, -0.15) is 9.61 Å². The van der Waals surface area contributed by atoms with Gasteiger partial charge in [0, 0.05) is 22.0 Å². The summed E-state index contributed by atoms with van der Waals surface area (Å²) in [5.74, 6) is 1.04. The van der Waals surface area contributed by atoms with E-state index in [1.807, 2.05) is 6.07 Å². The van der Waals surface area contributed by atoms with Crippen LogP contribution in [0.3, 0.4) is 0 Å². The predicted molar refractivity (Wildman–Crippen MR) is 96.1 cm³/mol. The average Bonchev–Trinajstić information content (AvgIpc) is 3.35. The van der Waals surface area contributed by atoms with Gasteiger partial charge in [-0.15, -0.1) is 16.4 Å². The highest BCUT2D eigenvalue weighted by Crippen LogP contribution is 2.37. The number of aromatic amines is 1. The van der Waals surface area contributed by atoms with Crippen LogP contribution in [0.15, 0.2) is 36.0 Å². The molecule has 0 saturated heterocycles. The lowest BCUT2D eigenvalue weighted by Gasteiger charge is -2.08. The van der Waals surface area contributed by atoms with E-state index in [2.05, 4.69) is 55.1 Å². The van der Waals surface area contributed by atoms with Crippen molar-refractivity contribution in [3.63, 3.8) is 0 Å². The second kappa shape index (κ2) is 5.08. The maximum absolute atomic E-state index is 6.42. The van der Waals surface area contributed by atoms with Crippen molar-refractivity contribution in [2.75, 3.05) is 5.73 Å².